The lowest BCUT2D eigenvalue weighted by atomic mass is 9.91. The van der Waals surface area contributed by atoms with Gasteiger partial charge < -0.3 is 14.8 Å². The van der Waals surface area contributed by atoms with E-state index in [0.29, 0.717) is 11.8 Å². The lowest BCUT2D eigenvalue weighted by Gasteiger charge is -2.37. The Morgan fingerprint density at radius 2 is 2.00 bits per heavy atom. The summed E-state index contributed by atoms with van der Waals surface area (Å²) < 4.78 is 10.7. The Labute approximate surface area is 96.5 Å². The fourth-order valence-electron chi connectivity index (χ4n) is 2.22. The van der Waals surface area contributed by atoms with E-state index in [1.54, 1.807) is 0 Å². The Morgan fingerprint density at radius 1 is 1.20 bits per heavy atom. The first-order valence-electron chi connectivity index (χ1n) is 5.81. The van der Waals surface area contributed by atoms with Crippen molar-refractivity contribution in [3.63, 3.8) is 0 Å². The van der Waals surface area contributed by atoms with Crippen LogP contribution in [0.5, 0.6) is 0 Å². The van der Waals surface area contributed by atoms with E-state index in [1.165, 1.54) is 6.42 Å². The van der Waals surface area contributed by atoms with Crippen molar-refractivity contribution in [2.45, 2.75) is 24.8 Å². The minimum Gasteiger partial charge on any atom is -0.381 e. The van der Waals surface area contributed by atoms with E-state index in [1.807, 2.05) is 0 Å². The van der Waals surface area contributed by atoms with Gasteiger partial charge in [0, 0.05) is 37.8 Å². The molecule has 2 heterocycles. The number of hydrogen-bond acceptors (Lipinski definition) is 3. The van der Waals surface area contributed by atoms with E-state index in [0.717, 1.165) is 45.8 Å². The number of hydrogen-bond donors (Lipinski definition) is 1. The van der Waals surface area contributed by atoms with E-state index < -0.39 is 0 Å². The third kappa shape index (κ3) is 3.06. The van der Waals surface area contributed by atoms with Crippen molar-refractivity contribution in [3.05, 3.63) is 0 Å². The minimum absolute atomic E-state index is 0.113. The molecule has 3 nitrogen and oxygen atoms in total. The predicted octanol–water partition coefficient (Wildman–Crippen LogP) is 1.40. The molecule has 0 aliphatic carbocycles. The molecule has 1 unspecified atom stereocenters. The molecule has 88 valence electrons. The van der Waals surface area contributed by atoms with Gasteiger partial charge in [-0.05, 0) is 25.2 Å². The van der Waals surface area contributed by atoms with Gasteiger partial charge in [-0.1, -0.05) is 0 Å². The zero-order chi connectivity index (χ0) is 10.6. The summed E-state index contributed by atoms with van der Waals surface area (Å²) in [5.41, 5.74) is 0.113. The molecule has 0 radical (unpaired) electrons. The van der Waals surface area contributed by atoms with Crippen molar-refractivity contribution >= 4 is 11.6 Å². The molecule has 2 rings (SSSR count). The summed E-state index contributed by atoms with van der Waals surface area (Å²) in [5.74, 6) is 1.36. The van der Waals surface area contributed by atoms with E-state index in [2.05, 4.69) is 5.32 Å². The van der Waals surface area contributed by atoms with Crippen molar-refractivity contribution in [3.8, 4) is 0 Å². The molecule has 1 atom stereocenters. The maximum atomic E-state index is 6.07. The second kappa shape index (κ2) is 5.48. The molecule has 2 aliphatic heterocycles. The number of nitrogens with one attached hydrogen (secondary N) is 1. The van der Waals surface area contributed by atoms with Crippen LogP contribution in [-0.2, 0) is 9.47 Å². The number of halogens is 1. The molecule has 15 heavy (non-hydrogen) atoms. The van der Waals surface area contributed by atoms with Crippen molar-refractivity contribution in [1.82, 2.24) is 5.32 Å². The summed E-state index contributed by atoms with van der Waals surface area (Å²) in [6, 6.07) is 0. The van der Waals surface area contributed by atoms with Gasteiger partial charge in [-0.2, -0.15) is 0 Å². The maximum absolute atomic E-state index is 6.07. The van der Waals surface area contributed by atoms with Crippen LogP contribution in [-0.4, -0.2) is 44.4 Å². The predicted molar refractivity (Wildman–Crippen MR) is 60.4 cm³/mol. The topological polar surface area (TPSA) is 30.5 Å². The highest BCUT2D eigenvalue weighted by molar-refractivity contribution is 6.18. The van der Waals surface area contributed by atoms with Gasteiger partial charge in [-0.15, -0.1) is 11.6 Å². The van der Waals surface area contributed by atoms with Crippen LogP contribution in [0.15, 0.2) is 0 Å². The molecule has 0 aromatic heterocycles. The van der Waals surface area contributed by atoms with Gasteiger partial charge in [0.2, 0.25) is 0 Å². The van der Waals surface area contributed by atoms with Crippen LogP contribution < -0.4 is 5.32 Å². The highest BCUT2D eigenvalue weighted by Crippen LogP contribution is 2.23. The van der Waals surface area contributed by atoms with E-state index in [-0.39, 0.29) is 5.54 Å². The molecule has 0 aromatic rings. The van der Waals surface area contributed by atoms with E-state index in [9.17, 15) is 0 Å². The van der Waals surface area contributed by atoms with E-state index >= 15 is 0 Å². The average Bonchev–Trinajstić information content (AvgIpc) is 2.81. The molecule has 0 aromatic carbocycles. The summed E-state index contributed by atoms with van der Waals surface area (Å²) in [4.78, 5) is 0. The zero-order valence-electron chi connectivity index (χ0n) is 9.14. The molecule has 0 amide bonds. The molecule has 0 bridgehead atoms. The summed E-state index contributed by atoms with van der Waals surface area (Å²) in [5, 5.41) is 3.63. The smallest absolute Gasteiger partial charge is 0.0507 e. The lowest BCUT2D eigenvalue weighted by molar-refractivity contribution is 0.0447. The molecular weight excluding hydrogens is 214 g/mol. The van der Waals surface area contributed by atoms with Gasteiger partial charge >= 0.3 is 0 Å². The fourth-order valence-corrected chi connectivity index (χ4v) is 2.59. The molecule has 0 spiro atoms. The highest BCUT2D eigenvalue weighted by Gasteiger charge is 2.32. The van der Waals surface area contributed by atoms with Crippen molar-refractivity contribution in [2.24, 2.45) is 5.92 Å². The summed E-state index contributed by atoms with van der Waals surface area (Å²) >= 11 is 6.07. The largest absolute Gasteiger partial charge is 0.381 e. The third-order valence-electron chi connectivity index (χ3n) is 3.50. The van der Waals surface area contributed by atoms with Crippen LogP contribution in [0.25, 0.3) is 0 Å². The monoisotopic (exact) mass is 233 g/mol. The van der Waals surface area contributed by atoms with Crippen LogP contribution in [0.4, 0.5) is 0 Å². The van der Waals surface area contributed by atoms with Crippen LogP contribution in [0, 0.1) is 5.92 Å². The Balaban J connectivity index is 1.78. The van der Waals surface area contributed by atoms with Crippen molar-refractivity contribution in [1.29, 1.82) is 0 Å². The van der Waals surface area contributed by atoms with Crippen LogP contribution in [0.1, 0.15) is 19.3 Å². The minimum atomic E-state index is 0.113. The Morgan fingerprint density at radius 3 is 2.60 bits per heavy atom. The van der Waals surface area contributed by atoms with Gasteiger partial charge in [0.25, 0.3) is 0 Å². The van der Waals surface area contributed by atoms with Crippen LogP contribution in [0.3, 0.4) is 0 Å². The third-order valence-corrected chi connectivity index (χ3v) is 4.01. The maximum Gasteiger partial charge on any atom is 0.0507 e. The lowest BCUT2D eigenvalue weighted by Crippen LogP contribution is -2.52. The second-order valence-corrected chi connectivity index (χ2v) is 4.90. The van der Waals surface area contributed by atoms with Crippen molar-refractivity contribution < 1.29 is 9.47 Å². The molecule has 2 saturated heterocycles. The first-order chi connectivity index (χ1) is 7.35. The van der Waals surface area contributed by atoms with Crippen molar-refractivity contribution in [2.75, 3.05) is 38.9 Å². The first-order valence-corrected chi connectivity index (χ1v) is 6.35. The molecule has 1 N–H and O–H groups in total. The molecule has 0 saturated carbocycles. The standard InChI is InChI=1S/C11H20ClNO2/c12-9-11(2-5-14-6-3-11)13-7-10-1-4-15-8-10/h10,13H,1-9H2. The number of alkyl halides is 1. The summed E-state index contributed by atoms with van der Waals surface area (Å²) in [6.07, 6.45) is 3.25. The average molecular weight is 234 g/mol. The molecule has 4 heteroatoms. The van der Waals surface area contributed by atoms with Gasteiger partial charge in [0.1, 0.15) is 0 Å². The molecular formula is C11H20ClNO2. The molecule has 2 aliphatic rings. The first kappa shape index (κ1) is 11.6. The van der Waals surface area contributed by atoms with Crippen LogP contribution in [0.2, 0.25) is 0 Å². The fraction of sp³-hybridized carbons (Fsp3) is 1.00. The normalized spacial score (nSPS) is 30.6. The van der Waals surface area contributed by atoms with Crippen LogP contribution >= 0.6 is 11.6 Å². The Bertz CT molecular complexity index is 189. The van der Waals surface area contributed by atoms with E-state index in [4.69, 9.17) is 21.1 Å². The Hall–Kier alpha value is 0.170. The SMILES string of the molecule is ClCC1(NCC2CCOC2)CCOCC1. The van der Waals surface area contributed by atoms with Gasteiger partial charge in [-0.25, -0.2) is 0 Å². The van der Waals surface area contributed by atoms with Gasteiger partial charge in [-0.3, -0.25) is 0 Å². The number of rotatable bonds is 4. The second-order valence-electron chi connectivity index (χ2n) is 4.64. The Kier molecular flexibility index (Phi) is 4.26. The van der Waals surface area contributed by atoms with Gasteiger partial charge in [0.05, 0.1) is 6.61 Å². The number of ether oxygens (including phenoxy) is 2. The molecule has 2 fully saturated rings. The summed E-state index contributed by atoms with van der Waals surface area (Å²) in [7, 11) is 0. The highest BCUT2D eigenvalue weighted by atomic mass is 35.5. The quantitative estimate of drug-likeness (QED) is 0.745. The van der Waals surface area contributed by atoms with Gasteiger partial charge in [0.15, 0.2) is 0 Å². The zero-order valence-corrected chi connectivity index (χ0v) is 9.89. The summed E-state index contributed by atoms with van der Waals surface area (Å²) in [6.45, 7) is 4.53.